The van der Waals surface area contributed by atoms with Gasteiger partial charge >= 0.3 is 0 Å². The van der Waals surface area contributed by atoms with E-state index in [2.05, 4.69) is 20.6 Å². The van der Waals surface area contributed by atoms with E-state index in [0.29, 0.717) is 10.5 Å². The molecule has 0 unspecified atom stereocenters. The molecular formula is C13H11N5O2S. The van der Waals surface area contributed by atoms with E-state index in [1.54, 1.807) is 31.3 Å². The van der Waals surface area contributed by atoms with Crippen LogP contribution in [0.4, 0.5) is 5.13 Å². The Hall–Kier alpha value is -2.61. The molecule has 1 aromatic carbocycles. The number of anilines is 1. The van der Waals surface area contributed by atoms with Gasteiger partial charge in [0.25, 0.3) is 5.56 Å². The SMILES string of the molecule is Cc1nnc(NC(=O)Cn2ncc3ccccc3c2=O)s1. The number of nitrogens with zero attached hydrogens (tertiary/aromatic N) is 4. The Morgan fingerprint density at radius 2 is 2.14 bits per heavy atom. The molecule has 0 fully saturated rings. The van der Waals surface area contributed by atoms with Gasteiger partial charge in [0, 0.05) is 5.39 Å². The highest BCUT2D eigenvalue weighted by Gasteiger charge is 2.10. The summed E-state index contributed by atoms with van der Waals surface area (Å²) >= 11 is 1.27. The maximum absolute atomic E-state index is 12.2. The minimum atomic E-state index is -0.365. The molecule has 0 aliphatic rings. The minimum Gasteiger partial charge on any atom is -0.299 e. The summed E-state index contributed by atoms with van der Waals surface area (Å²) < 4.78 is 1.13. The largest absolute Gasteiger partial charge is 0.299 e. The van der Waals surface area contributed by atoms with Crippen LogP contribution in [0, 0.1) is 6.92 Å². The summed E-state index contributed by atoms with van der Waals surface area (Å²) in [7, 11) is 0. The van der Waals surface area contributed by atoms with E-state index in [-0.39, 0.29) is 18.0 Å². The average Bonchev–Trinajstić information content (AvgIpc) is 2.87. The number of hydrogen-bond acceptors (Lipinski definition) is 6. The van der Waals surface area contributed by atoms with E-state index in [9.17, 15) is 9.59 Å². The van der Waals surface area contributed by atoms with Gasteiger partial charge in [0.05, 0.1) is 11.6 Å². The van der Waals surface area contributed by atoms with Crippen LogP contribution in [0.1, 0.15) is 5.01 Å². The standard InChI is InChI=1S/C13H11N5O2S/c1-8-16-17-13(21-8)15-11(19)7-18-12(20)10-5-3-2-4-9(10)6-14-18/h2-6H,7H2,1H3,(H,15,17,19). The van der Waals surface area contributed by atoms with E-state index in [4.69, 9.17) is 0 Å². The zero-order chi connectivity index (χ0) is 14.8. The molecule has 8 heteroatoms. The number of amides is 1. The highest BCUT2D eigenvalue weighted by atomic mass is 32.1. The highest BCUT2D eigenvalue weighted by molar-refractivity contribution is 7.15. The third-order valence-electron chi connectivity index (χ3n) is 2.83. The molecule has 106 valence electrons. The van der Waals surface area contributed by atoms with Gasteiger partial charge in [-0.1, -0.05) is 29.5 Å². The lowest BCUT2D eigenvalue weighted by Crippen LogP contribution is -2.29. The van der Waals surface area contributed by atoms with Crippen LogP contribution in [0.2, 0.25) is 0 Å². The van der Waals surface area contributed by atoms with E-state index < -0.39 is 0 Å². The summed E-state index contributed by atoms with van der Waals surface area (Å²) in [5.74, 6) is -0.365. The van der Waals surface area contributed by atoms with Gasteiger partial charge in [0.15, 0.2) is 0 Å². The molecule has 0 aliphatic carbocycles. The van der Waals surface area contributed by atoms with Gasteiger partial charge in [0.1, 0.15) is 11.6 Å². The van der Waals surface area contributed by atoms with Crippen molar-refractivity contribution in [3.63, 3.8) is 0 Å². The Labute approximate surface area is 123 Å². The number of nitrogens with one attached hydrogen (secondary N) is 1. The lowest BCUT2D eigenvalue weighted by Gasteiger charge is -2.05. The van der Waals surface area contributed by atoms with Crippen LogP contribution in [-0.2, 0) is 11.3 Å². The second-order valence-electron chi connectivity index (χ2n) is 4.37. The zero-order valence-corrected chi connectivity index (χ0v) is 11.9. The Morgan fingerprint density at radius 3 is 2.90 bits per heavy atom. The van der Waals surface area contributed by atoms with Gasteiger partial charge in [-0.3, -0.25) is 14.9 Å². The van der Waals surface area contributed by atoms with Crippen LogP contribution in [0.5, 0.6) is 0 Å². The summed E-state index contributed by atoms with van der Waals surface area (Å²) in [5.41, 5.74) is -0.295. The first-order chi connectivity index (χ1) is 10.1. The van der Waals surface area contributed by atoms with Crippen LogP contribution in [0.3, 0.4) is 0 Å². The zero-order valence-electron chi connectivity index (χ0n) is 11.1. The first kappa shape index (κ1) is 13.4. The molecule has 1 amide bonds. The van der Waals surface area contributed by atoms with E-state index in [0.717, 1.165) is 15.1 Å². The van der Waals surface area contributed by atoms with Gasteiger partial charge in [-0.25, -0.2) is 4.68 Å². The number of rotatable bonds is 3. The fourth-order valence-electron chi connectivity index (χ4n) is 1.88. The lowest BCUT2D eigenvalue weighted by molar-refractivity contribution is -0.117. The molecule has 3 rings (SSSR count). The van der Waals surface area contributed by atoms with Crippen molar-refractivity contribution in [3.05, 3.63) is 45.8 Å². The lowest BCUT2D eigenvalue weighted by atomic mass is 10.2. The number of benzene rings is 1. The number of aryl methyl sites for hydroxylation is 1. The number of carbonyl (C=O) groups excluding carboxylic acids is 1. The topological polar surface area (TPSA) is 89.8 Å². The molecule has 1 N–H and O–H groups in total. The number of carbonyl (C=O) groups is 1. The molecule has 3 aromatic rings. The van der Waals surface area contributed by atoms with Gasteiger partial charge < -0.3 is 0 Å². The maximum atomic E-state index is 12.2. The van der Waals surface area contributed by atoms with Crippen LogP contribution in [-0.4, -0.2) is 25.9 Å². The normalized spacial score (nSPS) is 10.7. The minimum absolute atomic E-state index is 0.164. The quantitative estimate of drug-likeness (QED) is 0.785. The van der Waals surface area contributed by atoms with Crippen LogP contribution >= 0.6 is 11.3 Å². The molecular weight excluding hydrogens is 290 g/mol. The molecule has 0 spiro atoms. The van der Waals surface area contributed by atoms with Crippen molar-refractivity contribution in [1.29, 1.82) is 0 Å². The summed E-state index contributed by atoms with van der Waals surface area (Å²) in [4.78, 5) is 24.1. The van der Waals surface area contributed by atoms with Gasteiger partial charge in [-0.2, -0.15) is 5.10 Å². The van der Waals surface area contributed by atoms with Crippen molar-refractivity contribution in [2.75, 3.05) is 5.32 Å². The molecule has 0 radical (unpaired) electrons. The Morgan fingerprint density at radius 1 is 1.33 bits per heavy atom. The smallest absolute Gasteiger partial charge is 0.275 e. The van der Waals surface area contributed by atoms with Gasteiger partial charge in [-0.15, -0.1) is 10.2 Å². The maximum Gasteiger partial charge on any atom is 0.275 e. The molecule has 0 aliphatic heterocycles. The van der Waals surface area contributed by atoms with Gasteiger partial charge in [0.2, 0.25) is 11.0 Å². The van der Waals surface area contributed by atoms with E-state index in [1.807, 2.05) is 6.07 Å². The first-order valence-electron chi connectivity index (χ1n) is 6.18. The van der Waals surface area contributed by atoms with E-state index in [1.165, 1.54) is 11.3 Å². The van der Waals surface area contributed by atoms with Crippen molar-refractivity contribution in [1.82, 2.24) is 20.0 Å². The second kappa shape index (κ2) is 5.41. The highest BCUT2D eigenvalue weighted by Crippen LogP contribution is 2.13. The van der Waals surface area contributed by atoms with E-state index >= 15 is 0 Å². The number of hydrogen-bond donors (Lipinski definition) is 1. The third-order valence-corrected chi connectivity index (χ3v) is 3.58. The van der Waals surface area contributed by atoms with Gasteiger partial charge in [-0.05, 0) is 13.0 Å². The number of fused-ring (bicyclic) bond motifs is 1. The second-order valence-corrected chi connectivity index (χ2v) is 5.55. The molecule has 2 aromatic heterocycles. The van der Waals surface area contributed by atoms with Crippen LogP contribution in [0.25, 0.3) is 10.8 Å². The predicted octanol–water partition coefficient (Wildman–Crippen LogP) is 1.20. The van der Waals surface area contributed by atoms with Crippen LogP contribution in [0.15, 0.2) is 35.3 Å². The van der Waals surface area contributed by atoms with Crippen molar-refractivity contribution in [2.24, 2.45) is 0 Å². The fraction of sp³-hybridized carbons (Fsp3) is 0.154. The van der Waals surface area contributed by atoms with Crippen molar-refractivity contribution >= 4 is 33.1 Å². The summed E-state index contributed by atoms with van der Waals surface area (Å²) in [6.07, 6.45) is 1.57. The average molecular weight is 301 g/mol. The fourth-order valence-corrected chi connectivity index (χ4v) is 2.49. The monoisotopic (exact) mass is 301 g/mol. The van der Waals surface area contributed by atoms with Crippen molar-refractivity contribution in [2.45, 2.75) is 13.5 Å². The molecule has 21 heavy (non-hydrogen) atoms. The summed E-state index contributed by atoms with van der Waals surface area (Å²) in [6.45, 7) is 1.63. The van der Waals surface area contributed by atoms with Crippen molar-refractivity contribution in [3.8, 4) is 0 Å². The number of aromatic nitrogens is 4. The van der Waals surface area contributed by atoms with Crippen LogP contribution < -0.4 is 10.9 Å². The molecule has 0 saturated carbocycles. The predicted molar refractivity (Wildman–Crippen MR) is 79.3 cm³/mol. The first-order valence-corrected chi connectivity index (χ1v) is 7.00. The summed E-state index contributed by atoms with van der Waals surface area (Å²) in [5, 5.41) is 16.6. The summed E-state index contributed by atoms with van der Waals surface area (Å²) in [6, 6.07) is 7.12. The molecule has 0 saturated heterocycles. The van der Waals surface area contributed by atoms with Crippen molar-refractivity contribution < 1.29 is 4.79 Å². The molecule has 7 nitrogen and oxygen atoms in total. The molecule has 0 bridgehead atoms. The Bertz CT molecular complexity index is 870. The molecule has 2 heterocycles. The Kier molecular flexibility index (Phi) is 3.44. The third kappa shape index (κ3) is 2.79. The Balaban J connectivity index is 1.83. The molecule has 0 atom stereocenters.